The second-order valence-electron chi connectivity index (χ2n) is 8.47. The van der Waals surface area contributed by atoms with Gasteiger partial charge in [-0.05, 0) is 39.8 Å². The molecule has 2 aromatic rings. The van der Waals surface area contributed by atoms with Crippen LogP contribution in [0.2, 0.25) is 0 Å². The van der Waals surface area contributed by atoms with Gasteiger partial charge in [0.05, 0.1) is 16.8 Å². The van der Waals surface area contributed by atoms with E-state index in [9.17, 15) is 29.2 Å². The highest BCUT2D eigenvalue weighted by atomic mass is 31.2. The Kier molecular flexibility index (Phi) is 7.26. The number of nitrogens with zero attached hydrogens (tertiary/aromatic N) is 1. The predicted molar refractivity (Wildman–Crippen MR) is 126 cm³/mol. The van der Waals surface area contributed by atoms with Crippen molar-refractivity contribution in [3.05, 3.63) is 63.4 Å². The molecule has 0 spiro atoms. The normalized spacial score (nSPS) is 28.0. The van der Waals surface area contributed by atoms with Crippen molar-refractivity contribution >= 4 is 13.7 Å². The zero-order valence-corrected chi connectivity index (χ0v) is 20.8. The van der Waals surface area contributed by atoms with E-state index >= 15 is 0 Å². The van der Waals surface area contributed by atoms with E-state index < -0.39 is 73.7 Å². The van der Waals surface area contributed by atoms with Crippen LogP contribution in [0.15, 0.2) is 52.2 Å². The predicted octanol–water partition coefficient (Wildman–Crippen LogP) is 0.679. The zero-order valence-electron chi connectivity index (χ0n) is 22.9. The summed E-state index contributed by atoms with van der Waals surface area (Å²) in [6, 6.07) is 5.54. The van der Waals surface area contributed by atoms with Crippen LogP contribution in [0.5, 0.6) is 5.75 Å². The number of hydrogen-bond acceptors (Lipinski definition) is 10. The van der Waals surface area contributed by atoms with Crippen LogP contribution in [0.4, 0.5) is 0 Å². The Balaban J connectivity index is 1.94. The maximum Gasteiger partial charge on any atom is 0.459 e. The summed E-state index contributed by atoms with van der Waals surface area (Å²) in [5, 5.41) is 24.0. The fourth-order valence-electron chi connectivity index (χ4n) is 3.24. The zero-order chi connectivity index (χ0) is 29.3. The summed E-state index contributed by atoms with van der Waals surface area (Å²) in [4.78, 5) is 38.1. The second-order valence-corrected chi connectivity index (χ2v) is 10.1. The monoisotopic (exact) mass is 530 g/mol. The minimum atomic E-state index is -4.80. The molecule has 1 aliphatic heterocycles. The summed E-state index contributed by atoms with van der Waals surface area (Å²) < 4.78 is 60.2. The van der Waals surface area contributed by atoms with Gasteiger partial charge < -0.3 is 24.2 Å². The first kappa shape index (κ1) is 23.6. The third-order valence-electron chi connectivity index (χ3n) is 5.02. The quantitative estimate of drug-likeness (QED) is 0.251. The fourth-order valence-corrected chi connectivity index (χ4v) is 4.60. The first-order chi connectivity index (χ1) is 18.0. The molecule has 6 atom stereocenters. The maximum atomic E-state index is 13.8. The summed E-state index contributed by atoms with van der Waals surface area (Å²) in [5.41, 5.74) is -4.48. The molecule has 14 heteroatoms. The van der Waals surface area contributed by atoms with Crippen LogP contribution in [0.3, 0.4) is 0 Å². The fraction of sp³-hybridized carbons (Fsp3) is 0.500. The Morgan fingerprint density at radius 2 is 2.03 bits per heavy atom. The molecule has 1 saturated heterocycles. The van der Waals surface area contributed by atoms with E-state index in [1.165, 1.54) is 19.1 Å². The number of carbonyl (C=O) groups is 1. The highest BCUT2D eigenvalue weighted by Crippen LogP contribution is 2.46. The van der Waals surface area contributed by atoms with E-state index in [-0.39, 0.29) is 5.75 Å². The first-order valence-corrected chi connectivity index (χ1v) is 12.4. The van der Waals surface area contributed by atoms with Crippen LogP contribution in [-0.4, -0.2) is 62.2 Å². The molecule has 0 amide bonds. The van der Waals surface area contributed by atoms with Crippen LogP contribution in [0.1, 0.15) is 38.0 Å². The smallest absolute Gasteiger partial charge is 0.459 e. The number of aromatic amines is 1. The molecule has 1 aromatic heterocycles. The average Bonchev–Trinajstić information content (AvgIpc) is 3.05. The van der Waals surface area contributed by atoms with E-state index in [1.807, 2.05) is 4.98 Å². The molecule has 0 radical (unpaired) electrons. The van der Waals surface area contributed by atoms with Crippen molar-refractivity contribution in [2.75, 3.05) is 6.56 Å². The minimum absolute atomic E-state index is 0.0194. The molecule has 0 bridgehead atoms. The number of aliphatic hydroxyl groups is 2. The molecule has 36 heavy (non-hydrogen) atoms. The van der Waals surface area contributed by atoms with Gasteiger partial charge in [-0.3, -0.25) is 23.7 Å². The van der Waals surface area contributed by atoms with Crippen LogP contribution >= 0.6 is 7.75 Å². The van der Waals surface area contributed by atoms with E-state index in [1.54, 1.807) is 32.0 Å². The average molecular weight is 530 g/mol. The minimum Gasteiger partial charge on any atom is -0.462 e. The maximum absolute atomic E-state index is 13.8. The van der Waals surface area contributed by atoms with Gasteiger partial charge in [0.2, 0.25) is 0 Å². The van der Waals surface area contributed by atoms with E-state index in [0.29, 0.717) is 4.57 Å². The number of para-hydroxylation sites is 1. The first-order valence-electron chi connectivity index (χ1n) is 12.4. The number of esters is 1. The Morgan fingerprint density at radius 3 is 2.67 bits per heavy atom. The molecule has 1 aliphatic rings. The molecule has 1 aromatic carbocycles. The number of aromatic nitrogens is 2. The largest absolute Gasteiger partial charge is 0.462 e. The number of H-pyrrole nitrogens is 1. The van der Waals surface area contributed by atoms with Gasteiger partial charge in [0.15, 0.2) is 6.23 Å². The Hall–Kier alpha value is -2.80. The van der Waals surface area contributed by atoms with Crippen molar-refractivity contribution in [2.24, 2.45) is 0 Å². The van der Waals surface area contributed by atoms with Gasteiger partial charge in [0.1, 0.15) is 29.6 Å². The molecule has 0 aliphatic carbocycles. The van der Waals surface area contributed by atoms with E-state index in [0.717, 1.165) is 13.1 Å². The Labute approximate surface area is 210 Å². The van der Waals surface area contributed by atoms with Gasteiger partial charge in [-0.2, -0.15) is 5.09 Å². The summed E-state index contributed by atoms with van der Waals surface area (Å²) in [7, 11) is -4.80. The van der Waals surface area contributed by atoms with Crippen molar-refractivity contribution < 1.29 is 42.2 Å². The number of ether oxygens (including phenoxy) is 2. The SMILES string of the molecule is [2H]c1cn([C@@H]2O[C@H](C([2H])([2H])O[P@@](=O)(N[C@@H](C)C(=O)OC(C)C)Oc3ccccc3)[C@@H](O)[C@@]2(C)O)c(=O)[nH]c1=O. The Bertz CT molecular complexity index is 1350. The number of carbonyl (C=O) groups excluding carboxylic acids is 1. The molecule has 0 saturated carbocycles. The van der Waals surface area contributed by atoms with E-state index in [2.05, 4.69) is 5.09 Å². The van der Waals surface area contributed by atoms with Crippen LogP contribution in [0, 0.1) is 0 Å². The lowest BCUT2D eigenvalue weighted by Crippen LogP contribution is -2.47. The third-order valence-corrected chi connectivity index (χ3v) is 6.52. The van der Waals surface area contributed by atoms with E-state index in [4.69, 9.17) is 22.6 Å². The summed E-state index contributed by atoms with van der Waals surface area (Å²) in [6.07, 6.45) is -5.73. The van der Waals surface area contributed by atoms with Crippen molar-refractivity contribution in [2.45, 2.75) is 63.9 Å². The van der Waals surface area contributed by atoms with Crippen LogP contribution in [0.25, 0.3) is 0 Å². The summed E-state index contributed by atoms with van der Waals surface area (Å²) >= 11 is 0. The highest BCUT2D eigenvalue weighted by molar-refractivity contribution is 7.52. The number of hydrogen-bond donors (Lipinski definition) is 4. The molecular weight excluding hydrogens is 497 g/mol. The molecule has 198 valence electrons. The topological polar surface area (TPSA) is 178 Å². The molecule has 2 heterocycles. The molecule has 1 fully saturated rings. The summed E-state index contributed by atoms with van der Waals surface area (Å²) in [6.45, 7) is 2.32. The van der Waals surface area contributed by atoms with Crippen LogP contribution < -0.4 is 20.9 Å². The molecule has 4 N–H and O–H groups in total. The molecule has 3 rings (SSSR count). The van der Waals surface area contributed by atoms with Crippen molar-refractivity contribution in [1.82, 2.24) is 14.6 Å². The lowest BCUT2D eigenvalue weighted by Gasteiger charge is -2.27. The van der Waals surface area contributed by atoms with Crippen molar-refractivity contribution in [3.8, 4) is 5.75 Å². The van der Waals surface area contributed by atoms with Crippen molar-refractivity contribution in [1.29, 1.82) is 0 Å². The Morgan fingerprint density at radius 1 is 1.36 bits per heavy atom. The lowest BCUT2D eigenvalue weighted by molar-refractivity contribution is -0.149. The number of benzene rings is 1. The van der Waals surface area contributed by atoms with Gasteiger partial charge in [-0.15, -0.1) is 0 Å². The highest BCUT2D eigenvalue weighted by Gasteiger charge is 2.54. The number of rotatable bonds is 10. The standard InChI is InChI=1S/C22H30N3O10P/c1-13(2)33-19(28)14(3)24-36(31,35-15-8-6-5-7-9-15)32-12-16-18(27)22(4,30)20(34-16)25-11-10-17(26)23-21(25)29/h5-11,13-14,16,18,20,27,30H,12H2,1-4H3,(H,24,31)(H,23,26,29)/t14-,16+,18+,20+,22+,36-/m0/s1/i10D,12D2. The summed E-state index contributed by atoms with van der Waals surface area (Å²) in [5.74, 6) is -0.857. The van der Waals surface area contributed by atoms with Gasteiger partial charge >= 0.3 is 19.4 Å². The molecular formula is C22H30N3O10P. The lowest BCUT2D eigenvalue weighted by atomic mass is 9.96. The third kappa shape index (κ3) is 6.49. The number of aliphatic hydroxyl groups excluding tert-OH is 1. The van der Waals surface area contributed by atoms with Gasteiger partial charge in [0, 0.05) is 12.2 Å². The van der Waals surface area contributed by atoms with Crippen LogP contribution in [-0.2, 0) is 23.4 Å². The number of nitrogens with one attached hydrogen (secondary N) is 2. The molecule has 13 nitrogen and oxygen atoms in total. The van der Waals surface area contributed by atoms with Gasteiger partial charge in [0.25, 0.3) is 5.56 Å². The van der Waals surface area contributed by atoms with Gasteiger partial charge in [-0.25, -0.2) is 9.36 Å². The van der Waals surface area contributed by atoms with Gasteiger partial charge in [-0.1, -0.05) is 18.2 Å². The molecule has 0 unspecified atom stereocenters. The van der Waals surface area contributed by atoms with Crippen molar-refractivity contribution in [3.63, 3.8) is 0 Å². The second kappa shape index (κ2) is 11.1.